The molecule has 3 aliphatic rings. The van der Waals surface area contributed by atoms with Crippen LogP contribution in [0.2, 0.25) is 0 Å². The van der Waals surface area contributed by atoms with E-state index in [2.05, 4.69) is 4.90 Å². The topological polar surface area (TPSA) is 64.8 Å². The second-order valence-electron chi connectivity index (χ2n) is 9.44. The van der Waals surface area contributed by atoms with Crippen molar-refractivity contribution in [1.82, 2.24) is 4.90 Å². The second-order valence-corrected chi connectivity index (χ2v) is 9.44. The van der Waals surface area contributed by atoms with Crippen molar-refractivity contribution in [2.45, 2.75) is 82.0 Å². The number of nitrogens with zero attached hydrogens (tertiary/aromatic N) is 1. The molecule has 4 rings (SSSR count). The Morgan fingerprint density at radius 2 is 1.82 bits per heavy atom. The largest absolute Gasteiger partial charge is 0.490 e. The number of piperidine rings is 1. The molecule has 5 nitrogen and oxygen atoms in total. The van der Waals surface area contributed by atoms with Gasteiger partial charge in [0.15, 0.2) is 0 Å². The molecular weight excluding hydrogens is 352 g/mol. The van der Waals surface area contributed by atoms with Crippen molar-refractivity contribution in [3.63, 3.8) is 0 Å². The van der Waals surface area contributed by atoms with Crippen LogP contribution in [0.3, 0.4) is 0 Å². The highest BCUT2D eigenvalue weighted by Crippen LogP contribution is 2.42. The van der Waals surface area contributed by atoms with E-state index in [4.69, 9.17) is 15.2 Å². The van der Waals surface area contributed by atoms with E-state index in [1.165, 1.54) is 19.3 Å². The number of rotatable bonds is 5. The molecule has 28 heavy (non-hydrogen) atoms. The fourth-order valence-electron chi connectivity index (χ4n) is 5.12. The predicted molar refractivity (Wildman–Crippen MR) is 109 cm³/mol. The van der Waals surface area contributed by atoms with Gasteiger partial charge >= 0.3 is 0 Å². The van der Waals surface area contributed by atoms with Crippen molar-refractivity contribution in [2.24, 2.45) is 5.73 Å². The normalized spacial score (nSPS) is 29.2. The Bertz CT molecular complexity index is 690. The summed E-state index contributed by atoms with van der Waals surface area (Å²) in [5.74, 6) is 0.623. The molecule has 5 heteroatoms. The second kappa shape index (κ2) is 7.68. The summed E-state index contributed by atoms with van der Waals surface area (Å²) in [4.78, 5) is 15.0. The van der Waals surface area contributed by atoms with Crippen LogP contribution >= 0.6 is 0 Å². The average Bonchev–Trinajstić information content (AvgIpc) is 2.61. The lowest BCUT2D eigenvalue weighted by molar-refractivity contribution is -0.136. The summed E-state index contributed by atoms with van der Waals surface area (Å²) in [6, 6.07) is 8.87. The molecule has 2 heterocycles. The molecule has 0 radical (unpaired) electrons. The molecule has 1 aromatic rings. The summed E-state index contributed by atoms with van der Waals surface area (Å²) in [6.07, 6.45) is 7.84. The Labute approximate surface area is 168 Å². The third kappa shape index (κ3) is 3.92. The molecule has 3 fully saturated rings. The molecule has 1 saturated carbocycles. The number of primary amides is 1. The number of ether oxygens (including phenoxy) is 2. The molecule has 2 saturated heterocycles. The van der Waals surface area contributed by atoms with Crippen LogP contribution in [0.5, 0.6) is 5.75 Å². The maximum absolute atomic E-state index is 12.4. The van der Waals surface area contributed by atoms with Crippen molar-refractivity contribution in [3.05, 3.63) is 29.8 Å². The quantitative estimate of drug-likeness (QED) is 0.842. The van der Waals surface area contributed by atoms with E-state index < -0.39 is 5.41 Å². The Morgan fingerprint density at radius 3 is 2.36 bits per heavy atom. The molecular formula is C23H34N2O3. The Morgan fingerprint density at radius 1 is 1.14 bits per heavy atom. The van der Waals surface area contributed by atoms with Crippen LogP contribution in [0.25, 0.3) is 0 Å². The fourth-order valence-corrected chi connectivity index (χ4v) is 5.12. The first kappa shape index (κ1) is 19.7. The molecule has 154 valence electrons. The van der Waals surface area contributed by atoms with Gasteiger partial charge in [0.05, 0.1) is 11.0 Å². The zero-order valence-electron chi connectivity index (χ0n) is 17.3. The van der Waals surface area contributed by atoms with Gasteiger partial charge < -0.3 is 20.1 Å². The van der Waals surface area contributed by atoms with E-state index in [0.29, 0.717) is 19.4 Å². The first-order chi connectivity index (χ1) is 13.4. The van der Waals surface area contributed by atoms with Gasteiger partial charge in [-0.05, 0) is 70.1 Å². The zero-order valence-corrected chi connectivity index (χ0v) is 17.3. The minimum absolute atomic E-state index is 0.263. The van der Waals surface area contributed by atoms with E-state index >= 15 is 0 Å². The van der Waals surface area contributed by atoms with Crippen molar-refractivity contribution in [2.75, 3.05) is 19.7 Å². The van der Waals surface area contributed by atoms with E-state index in [9.17, 15) is 4.79 Å². The van der Waals surface area contributed by atoms with E-state index in [0.717, 1.165) is 43.3 Å². The number of amides is 1. The monoisotopic (exact) mass is 386 g/mol. The van der Waals surface area contributed by atoms with Crippen molar-refractivity contribution in [1.29, 1.82) is 0 Å². The molecule has 1 unspecified atom stereocenters. The molecule has 1 aliphatic carbocycles. The summed E-state index contributed by atoms with van der Waals surface area (Å²) in [5, 5.41) is 0. The van der Waals surface area contributed by atoms with Gasteiger partial charge in [0.2, 0.25) is 5.91 Å². The van der Waals surface area contributed by atoms with Crippen LogP contribution in [0, 0.1) is 0 Å². The maximum Gasteiger partial charge on any atom is 0.228 e. The molecule has 0 bridgehead atoms. The van der Waals surface area contributed by atoms with Gasteiger partial charge in [0, 0.05) is 25.7 Å². The summed E-state index contributed by atoms with van der Waals surface area (Å²) in [5.41, 5.74) is 5.83. The summed E-state index contributed by atoms with van der Waals surface area (Å²) in [7, 11) is 0. The minimum atomic E-state index is -0.658. The molecule has 1 atom stereocenters. The third-order valence-electron chi connectivity index (χ3n) is 7.00. The van der Waals surface area contributed by atoms with Crippen LogP contribution < -0.4 is 10.5 Å². The van der Waals surface area contributed by atoms with Crippen molar-refractivity contribution in [3.8, 4) is 5.75 Å². The van der Waals surface area contributed by atoms with Gasteiger partial charge in [-0.1, -0.05) is 18.6 Å². The van der Waals surface area contributed by atoms with Gasteiger partial charge in [-0.2, -0.15) is 0 Å². The molecule has 1 amide bonds. The predicted octanol–water partition coefficient (Wildman–Crippen LogP) is 3.39. The zero-order chi connectivity index (χ0) is 19.8. The van der Waals surface area contributed by atoms with Gasteiger partial charge in [0.25, 0.3) is 0 Å². The standard InChI is InChI=1S/C23H34N2O3/c1-22(2)16-23(21(24)26,12-15-27-22)17-6-8-19(9-7-17)28-20-10-13-25(14-11-20)18-4-3-5-18/h6-9,18,20H,3-5,10-16H2,1-2H3,(H2,24,26). The molecule has 2 aliphatic heterocycles. The van der Waals surface area contributed by atoms with Crippen molar-refractivity contribution < 1.29 is 14.3 Å². The van der Waals surface area contributed by atoms with Gasteiger partial charge in [-0.25, -0.2) is 0 Å². The number of benzene rings is 1. The van der Waals surface area contributed by atoms with Crippen LogP contribution in [-0.4, -0.2) is 48.3 Å². The lowest BCUT2D eigenvalue weighted by atomic mass is 9.69. The van der Waals surface area contributed by atoms with Crippen molar-refractivity contribution >= 4 is 5.91 Å². The Balaban J connectivity index is 1.40. The summed E-state index contributed by atoms with van der Waals surface area (Å²) in [6.45, 7) is 6.89. The summed E-state index contributed by atoms with van der Waals surface area (Å²) >= 11 is 0. The molecule has 1 aromatic carbocycles. The van der Waals surface area contributed by atoms with Gasteiger partial charge in [0.1, 0.15) is 11.9 Å². The van der Waals surface area contributed by atoms with Crippen LogP contribution in [0.1, 0.15) is 64.4 Å². The average molecular weight is 387 g/mol. The fraction of sp³-hybridized carbons (Fsp3) is 0.696. The number of hydrogen-bond donors (Lipinski definition) is 1. The van der Waals surface area contributed by atoms with Crippen LogP contribution in [-0.2, 0) is 14.9 Å². The highest BCUT2D eigenvalue weighted by Gasteiger charge is 2.46. The minimum Gasteiger partial charge on any atom is -0.490 e. The highest BCUT2D eigenvalue weighted by atomic mass is 16.5. The molecule has 0 spiro atoms. The Hall–Kier alpha value is -1.59. The lowest BCUT2D eigenvalue weighted by Gasteiger charge is -2.43. The maximum atomic E-state index is 12.4. The first-order valence-corrected chi connectivity index (χ1v) is 10.8. The van der Waals surface area contributed by atoms with Crippen LogP contribution in [0.15, 0.2) is 24.3 Å². The number of carbonyl (C=O) groups is 1. The highest BCUT2D eigenvalue weighted by molar-refractivity contribution is 5.87. The van der Waals surface area contributed by atoms with E-state index in [-0.39, 0.29) is 17.6 Å². The molecule has 0 aromatic heterocycles. The number of carbonyl (C=O) groups excluding carboxylic acids is 1. The van der Waals surface area contributed by atoms with Crippen LogP contribution in [0.4, 0.5) is 0 Å². The van der Waals surface area contributed by atoms with Gasteiger partial charge in [-0.3, -0.25) is 4.79 Å². The molecule has 2 N–H and O–H groups in total. The number of hydrogen-bond acceptors (Lipinski definition) is 4. The SMILES string of the molecule is CC1(C)CC(C(N)=O)(c2ccc(OC3CCN(C4CCC4)CC3)cc2)CCO1. The van der Waals surface area contributed by atoms with E-state index in [1.807, 2.05) is 38.1 Å². The number of likely N-dealkylation sites (tertiary alicyclic amines) is 1. The number of nitrogens with two attached hydrogens (primary N) is 1. The smallest absolute Gasteiger partial charge is 0.228 e. The Kier molecular flexibility index (Phi) is 5.41. The first-order valence-electron chi connectivity index (χ1n) is 10.8. The third-order valence-corrected chi connectivity index (χ3v) is 7.00. The van der Waals surface area contributed by atoms with E-state index in [1.54, 1.807) is 0 Å². The lowest BCUT2D eigenvalue weighted by Crippen LogP contribution is -2.51. The van der Waals surface area contributed by atoms with Gasteiger partial charge in [-0.15, -0.1) is 0 Å². The summed E-state index contributed by atoms with van der Waals surface area (Å²) < 4.78 is 12.1.